The summed E-state index contributed by atoms with van der Waals surface area (Å²) in [7, 11) is 0. The molecule has 7 heteroatoms. The Kier molecular flexibility index (Phi) is 6.26. The zero-order valence-corrected chi connectivity index (χ0v) is 16.8. The third-order valence-electron chi connectivity index (χ3n) is 4.64. The Morgan fingerprint density at radius 2 is 1.89 bits per heavy atom. The van der Waals surface area contributed by atoms with E-state index < -0.39 is 5.97 Å². The molecule has 0 aliphatic rings. The molecule has 2 N–H and O–H groups in total. The van der Waals surface area contributed by atoms with Gasteiger partial charge in [-0.25, -0.2) is 4.68 Å². The third kappa shape index (κ3) is 4.67. The lowest BCUT2D eigenvalue weighted by Crippen LogP contribution is -2.25. The number of thiophene rings is 1. The Morgan fingerprint density at radius 1 is 1.14 bits per heavy atom. The number of aromatic nitrogens is 2. The summed E-state index contributed by atoms with van der Waals surface area (Å²) in [6.07, 6.45) is 1.36. The van der Waals surface area contributed by atoms with Gasteiger partial charge in [0.1, 0.15) is 0 Å². The highest BCUT2D eigenvalue weighted by Gasteiger charge is 2.14. The zero-order chi connectivity index (χ0) is 20.1. The van der Waals surface area contributed by atoms with E-state index >= 15 is 0 Å². The molecule has 0 unspecified atom stereocenters. The predicted molar refractivity (Wildman–Crippen MR) is 109 cm³/mol. The first kappa shape index (κ1) is 19.8. The molecular weight excluding hydrogens is 374 g/mol. The van der Waals surface area contributed by atoms with Gasteiger partial charge in [0.15, 0.2) is 0 Å². The number of carbonyl (C=O) groups excluding carboxylic acids is 1. The number of hydrogen-bond donors (Lipinski definition) is 2. The van der Waals surface area contributed by atoms with Gasteiger partial charge in [-0.2, -0.15) is 5.10 Å². The fourth-order valence-electron chi connectivity index (χ4n) is 3.13. The smallest absolute Gasteiger partial charge is 0.303 e. The van der Waals surface area contributed by atoms with Crippen LogP contribution in [0.2, 0.25) is 0 Å². The highest BCUT2D eigenvalue weighted by Crippen LogP contribution is 2.20. The molecule has 0 aliphatic carbocycles. The molecule has 146 valence electrons. The summed E-state index contributed by atoms with van der Waals surface area (Å²) in [5.41, 5.74) is 4.15. The van der Waals surface area contributed by atoms with Crippen LogP contribution in [-0.2, 0) is 17.6 Å². The molecule has 28 heavy (non-hydrogen) atoms. The second kappa shape index (κ2) is 8.84. The predicted octanol–water partition coefficient (Wildman–Crippen LogP) is 3.54. The molecule has 0 radical (unpaired) electrons. The zero-order valence-electron chi connectivity index (χ0n) is 15.9. The summed E-state index contributed by atoms with van der Waals surface area (Å²) in [6, 6.07) is 11.3. The maximum absolute atomic E-state index is 12.3. The number of carboxylic acid groups (broad SMARTS) is 1. The summed E-state index contributed by atoms with van der Waals surface area (Å²) >= 11 is 1.69. The molecule has 1 aromatic carbocycles. The first-order chi connectivity index (χ1) is 13.5. The van der Waals surface area contributed by atoms with E-state index in [1.807, 2.05) is 37.4 Å². The number of carbonyl (C=O) groups is 2. The van der Waals surface area contributed by atoms with E-state index in [1.165, 1.54) is 4.88 Å². The summed E-state index contributed by atoms with van der Waals surface area (Å²) in [5, 5.41) is 18.4. The Morgan fingerprint density at radius 3 is 2.54 bits per heavy atom. The molecule has 0 bridgehead atoms. The Balaban J connectivity index is 1.66. The van der Waals surface area contributed by atoms with Crippen molar-refractivity contribution >= 4 is 23.2 Å². The van der Waals surface area contributed by atoms with E-state index in [0.29, 0.717) is 18.5 Å². The number of nitrogens with zero attached hydrogens (tertiary/aromatic N) is 2. The van der Waals surface area contributed by atoms with E-state index in [4.69, 9.17) is 5.11 Å². The molecule has 6 nitrogen and oxygen atoms in total. The quantitative estimate of drug-likeness (QED) is 0.609. The molecule has 3 aromatic rings. The SMILES string of the molecule is Cc1nn(-c2ccc(C(=O)NCCc3cccs3)cc2)c(C)c1CCC(=O)O. The van der Waals surface area contributed by atoms with E-state index in [2.05, 4.69) is 16.5 Å². The minimum absolute atomic E-state index is 0.0813. The number of nitrogens with one attached hydrogen (secondary N) is 1. The van der Waals surface area contributed by atoms with Gasteiger partial charge >= 0.3 is 5.97 Å². The van der Waals surface area contributed by atoms with Gasteiger partial charge in [0, 0.05) is 29.1 Å². The lowest BCUT2D eigenvalue weighted by atomic mass is 10.1. The number of hydrogen-bond acceptors (Lipinski definition) is 4. The van der Waals surface area contributed by atoms with E-state index in [0.717, 1.165) is 29.1 Å². The second-order valence-corrected chi connectivity index (χ2v) is 7.62. The van der Waals surface area contributed by atoms with Crippen LogP contribution in [0.25, 0.3) is 5.69 Å². The van der Waals surface area contributed by atoms with E-state index in [1.54, 1.807) is 28.2 Å². The van der Waals surface area contributed by atoms with Crippen LogP contribution in [0.5, 0.6) is 0 Å². The topological polar surface area (TPSA) is 84.2 Å². The van der Waals surface area contributed by atoms with Crippen molar-refractivity contribution in [1.29, 1.82) is 0 Å². The van der Waals surface area contributed by atoms with Crippen molar-refractivity contribution in [3.63, 3.8) is 0 Å². The molecule has 1 amide bonds. The van der Waals surface area contributed by atoms with Crippen molar-refractivity contribution in [2.24, 2.45) is 0 Å². The maximum Gasteiger partial charge on any atom is 0.303 e. The van der Waals surface area contributed by atoms with Crippen LogP contribution in [0.3, 0.4) is 0 Å². The van der Waals surface area contributed by atoms with Crippen LogP contribution >= 0.6 is 11.3 Å². The minimum atomic E-state index is -0.819. The van der Waals surface area contributed by atoms with Crippen LogP contribution < -0.4 is 5.32 Å². The number of amides is 1. The molecule has 0 saturated heterocycles. The van der Waals surface area contributed by atoms with Crippen molar-refractivity contribution < 1.29 is 14.7 Å². The number of rotatable bonds is 8. The van der Waals surface area contributed by atoms with Crippen LogP contribution in [0.15, 0.2) is 41.8 Å². The van der Waals surface area contributed by atoms with Gasteiger partial charge in [-0.05, 0) is 68.0 Å². The summed E-state index contributed by atoms with van der Waals surface area (Å²) < 4.78 is 1.80. The molecule has 0 aliphatic heterocycles. The van der Waals surface area contributed by atoms with Gasteiger partial charge in [0.05, 0.1) is 11.4 Å². The lowest BCUT2D eigenvalue weighted by molar-refractivity contribution is -0.136. The fraction of sp³-hybridized carbons (Fsp3) is 0.286. The Hall–Kier alpha value is -2.93. The Bertz CT molecular complexity index is 960. The lowest BCUT2D eigenvalue weighted by Gasteiger charge is -2.08. The normalized spacial score (nSPS) is 10.8. The van der Waals surface area contributed by atoms with Crippen molar-refractivity contribution in [3.8, 4) is 5.69 Å². The van der Waals surface area contributed by atoms with Crippen molar-refractivity contribution in [3.05, 3.63) is 69.2 Å². The Labute approximate surface area is 167 Å². The van der Waals surface area contributed by atoms with E-state index in [9.17, 15) is 9.59 Å². The van der Waals surface area contributed by atoms with Crippen molar-refractivity contribution in [2.75, 3.05) is 6.54 Å². The van der Waals surface area contributed by atoms with Gasteiger partial charge in [-0.1, -0.05) is 6.07 Å². The number of aryl methyl sites for hydroxylation is 1. The van der Waals surface area contributed by atoms with Crippen molar-refractivity contribution in [2.45, 2.75) is 33.1 Å². The number of aliphatic carboxylic acids is 1. The highest BCUT2D eigenvalue weighted by atomic mass is 32.1. The molecule has 0 spiro atoms. The molecule has 0 fully saturated rings. The average Bonchev–Trinajstić information content (AvgIpc) is 3.28. The van der Waals surface area contributed by atoms with Crippen molar-refractivity contribution in [1.82, 2.24) is 15.1 Å². The van der Waals surface area contributed by atoms with Crippen LogP contribution in [0.4, 0.5) is 0 Å². The van der Waals surface area contributed by atoms with Gasteiger partial charge in [-0.3, -0.25) is 9.59 Å². The maximum atomic E-state index is 12.3. The summed E-state index contributed by atoms with van der Waals surface area (Å²) in [5.74, 6) is -0.917. The molecule has 0 atom stereocenters. The highest BCUT2D eigenvalue weighted by molar-refractivity contribution is 7.09. The van der Waals surface area contributed by atoms with Gasteiger partial charge < -0.3 is 10.4 Å². The second-order valence-electron chi connectivity index (χ2n) is 6.59. The van der Waals surface area contributed by atoms with Gasteiger partial charge in [0.25, 0.3) is 5.91 Å². The molecular formula is C21H23N3O3S. The standard InChI is InChI=1S/C21H23N3O3S/c1-14-19(9-10-20(25)26)15(2)24(23-14)17-7-5-16(6-8-17)21(27)22-12-11-18-4-3-13-28-18/h3-8,13H,9-12H2,1-2H3,(H,22,27)(H,25,26). The largest absolute Gasteiger partial charge is 0.481 e. The van der Waals surface area contributed by atoms with Gasteiger partial charge in [-0.15, -0.1) is 11.3 Å². The molecule has 0 saturated carbocycles. The third-order valence-corrected chi connectivity index (χ3v) is 5.58. The van der Waals surface area contributed by atoms with Crippen LogP contribution in [-0.4, -0.2) is 33.3 Å². The van der Waals surface area contributed by atoms with Crippen LogP contribution in [0, 0.1) is 13.8 Å². The monoisotopic (exact) mass is 397 g/mol. The number of benzene rings is 1. The first-order valence-electron chi connectivity index (χ1n) is 9.13. The molecule has 3 rings (SSSR count). The summed E-state index contributed by atoms with van der Waals surface area (Å²) in [6.45, 7) is 4.42. The molecule has 2 aromatic heterocycles. The first-order valence-corrected chi connectivity index (χ1v) is 10.0. The van der Waals surface area contributed by atoms with E-state index in [-0.39, 0.29) is 12.3 Å². The van der Waals surface area contributed by atoms with Gasteiger partial charge in [0.2, 0.25) is 0 Å². The average molecular weight is 398 g/mol. The van der Waals surface area contributed by atoms with Crippen LogP contribution in [0.1, 0.15) is 38.6 Å². The fourth-order valence-corrected chi connectivity index (χ4v) is 3.84. The molecule has 2 heterocycles. The number of carboxylic acids is 1. The summed E-state index contributed by atoms with van der Waals surface area (Å²) in [4.78, 5) is 24.4. The minimum Gasteiger partial charge on any atom is -0.481 e.